The summed E-state index contributed by atoms with van der Waals surface area (Å²) in [6.07, 6.45) is 2.47. The molecule has 3 aromatic rings. The molecule has 1 fully saturated rings. The topological polar surface area (TPSA) is 79.7 Å². The van der Waals surface area contributed by atoms with E-state index in [1.807, 2.05) is 43.3 Å². The van der Waals surface area contributed by atoms with Crippen molar-refractivity contribution in [3.8, 4) is 0 Å². The first kappa shape index (κ1) is 17.3. The molecule has 1 N–H and O–H groups in total. The van der Waals surface area contributed by atoms with Gasteiger partial charge in [0, 0.05) is 24.4 Å². The van der Waals surface area contributed by atoms with Crippen LogP contribution in [0.15, 0.2) is 47.3 Å². The number of ether oxygens (including phenoxy) is 1. The predicted octanol–water partition coefficient (Wildman–Crippen LogP) is 3.19. The molecule has 1 aliphatic heterocycles. The molecule has 27 heavy (non-hydrogen) atoms. The van der Waals surface area contributed by atoms with E-state index >= 15 is 0 Å². The van der Waals surface area contributed by atoms with Gasteiger partial charge in [0.25, 0.3) is 5.56 Å². The molecule has 1 aromatic carbocycles. The maximum absolute atomic E-state index is 12.7. The van der Waals surface area contributed by atoms with Crippen LogP contribution in [0.3, 0.4) is 0 Å². The van der Waals surface area contributed by atoms with Crippen LogP contribution < -0.4 is 5.56 Å². The molecule has 1 saturated heterocycles. The quantitative estimate of drug-likeness (QED) is 0.772. The van der Waals surface area contributed by atoms with Gasteiger partial charge in [-0.05, 0) is 31.7 Å². The molecule has 2 aromatic heterocycles. The number of hydrogen-bond donors (Lipinski definition) is 1. The SMILES string of the molecule is Cc1cc(=O)[nH]c2cc(C3CCCCN3C(=O)OCc3ccccc3)nn12. The van der Waals surface area contributed by atoms with Gasteiger partial charge in [-0.2, -0.15) is 5.10 Å². The van der Waals surface area contributed by atoms with Gasteiger partial charge in [-0.25, -0.2) is 9.31 Å². The Morgan fingerprint density at radius 2 is 2.07 bits per heavy atom. The zero-order valence-corrected chi connectivity index (χ0v) is 15.2. The average molecular weight is 366 g/mol. The van der Waals surface area contributed by atoms with Crippen LogP contribution in [0.4, 0.5) is 4.79 Å². The third-order valence-corrected chi connectivity index (χ3v) is 4.94. The van der Waals surface area contributed by atoms with Gasteiger partial charge in [-0.15, -0.1) is 0 Å². The van der Waals surface area contributed by atoms with Crippen molar-refractivity contribution >= 4 is 11.7 Å². The van der Waals surface area contributed by atoms with Gasteiger partial charge in [0.2, 0.25) is 0 Å². The Morgan fingerprint density at radius 3 is 2.89 bits per heavy atom. The van der Waals surface area contributed by atoms with Gasteiger partial charge in [-0.1, -0.05) is 30.3 Å². The Hall–Kier alpha value is -3.09. The van der Waals surface area contributed by atoms with Gasteiger partial charge < -0.3 is 9.72 Å². The van der Waals surface area contributed by atoms with E-state index in [4.69, 9.17) is 4.74 Å². The third kappa shape index (κ3) is 3.58. The second kappa shape index (κ2) is 7.26. The minimum absolute atomic E-state index is 0.148. The van der Waals surface area contributed by atoms with E-state index in [0.29, 0.717) is 12.2 Å². The van der Waals surface area contributed by atoms with Gasteiger partial charge in [0.15, 0.2) is 0 Å². The summed E-state index contributed by atoms with van der Waals surface area (Å²) < 4.78 is 7.24. The first-order chi connectivity index (χ1) is 13.1. The lowest BCUT2D eigenvalue weighted by molar-refractivity contribution is 0.0668. The van der Waals surface area contributed by atoms with E-state index < -0.39 is 0 Å². The first-order valence-electron chi connectivity index (χ1n) is 9.19. The zero-order chi connectivity index (χ0) is 18.8. The standard InChI is InChI=1S/C20H22N4O3/c1-14-11-19(25)21-18-12-16(22-24(14)18)17-9-5-6-10-23(17)20(26)27-13-15-7-3-2-4-8-15/h2-4,7-8,11-12,17H,5-6,9-10,13H2,1H3,(H,21,25). The number of hydrogen-bond acceptors (Lipinski definition) is 4. The summed E-state index contributed by atoms with van der Waals surface area (Å²) in [5.74, 6) is 0. The fourth-order valence-electron chi connectivity index (χ4n) is 3.59. The van der Waals surface area contributed by atoms with Crippen LogP contribution in [0.25, 0.3) is 5.65 Å². The Morgan fingerprint density at radius 1 is 1.26 bits per heavy atom. The largest absolute Gasteiger partial charge is 0.445 e. The molecule has 4 rings (SSSR count). The molecule has 0 radical (unpaired) electrons. The molecular formula is C20H22N4O3. The second-order valence-electron chi connectivity index (χ2n) is 6.89. The Bertz CT molecular complexity index is 1010. The summed E-state index contributed by atoms with van der Waals surface area (Å²) in [6.45, 7) is 2.73. The molecule has 140 valence electrons. The average Bonchev–Trinajstić information content (AvgIpc) is 3.11. The fourth-order valence-corrected chi connectivity index (χ4v) is 3.59. The van der Waals surface area contributed by atoms with Gasteiger partial charge in [-0.3, -0.25) is 9.69 Å². The number of H-pyrrole nitrogens is 1. The molecule has 7 nitrogen and oxygen atoms in total. The molecule has 3 heterocycles. The fraction of sp³-hybridized carbons (Fsp3) is 0.350. The summed E-state index contributed by atoms with van der Waals surface area (Å²) >= 11 is 0. The first-order valence-corrected chi connectivity index (χ1v) is 9.19. The van der Waals surface area contributed by atoms with E-state index in [9.17, 15) is 9.59 Å². The molecule has 1 aliphatic rings. The number of aromatic amines is 1. The lowest BCUT2D eigenvalue weighted by atomic mass is 10.00. The van der Waals surface area contributed by atoms with Crippen LogP contribution in [-0.4, -0.2) is 32.1 Å². The van der Waals surface area contributed by atoms with E-state index in [2.05, 4.69) is 10.1 Å². The molecule has 7 heteroatoms. The number of rotatable bonds is 3. The number of amides is 1. The molecule has 1 unspecified atom stereocenters. The van der Waals surface area contributed by atoms with Crippen molar-refractivity contribution in [3.05, 3.63) is 69.8 Å². The highest BCUT2D eigenvalue weighted by Crippen LogP contribution is 2.31. The van der Waals surface area contributed by atoms with Crippen LogP contribution in [0.5, 0.6) is 0 Å². The van der Waals surface area contributed by atoms with Crippen LogP contribution in [0, 0.1) is 6.92 Å². The minimum atomic E-state index is -0.328. The highest BCUT2D eigenvalue weighted by molar-refractivity contribution is 5.68. The van der Waals surface area contributed by atoms with Crippen LogP contribution >= 0.6 is 0 Å². The molecule has 0 saturated carbocycles. The number of benzene rings is 1. The summed E-state index contributed by atoms with van der Waals surface area (Å²) in [6, 6.07) is 12.9. The number of aryl methyl sites for hydroxylation is 1. The normalized spacial score (nSPS) is 17.2. The van der Waals surface area contributed by atoms with Crippen molar-refractivity contribution in [3.63, 3.8) is 0 Å². The van der Waals surface area contributed by atoms with E-state index in [1.165, 1.54) is 6.07 Å². The number of fused-ring (bicyclic) bond motifs is 1. The monoisotopic (exact) mass is 366 g/mol. The van der Waals surface area contributed by atoms with Crippen molar-refractivity contribution in [1.29, 1.82) is 0 Å². The number of nitrogens with zero attached hydrogens (tertiary/aromatic N) is 3. The second-order valence-corrected chi connectivity index (χ2v) is 6.89. The van der Waals surface area contributed by atoms with Crippen molar-refractivity contribution in [2.24, 2.45) is 0 Å². The van der Waals surface area contributed by atoms with Crippen molar-refractivity contribution < 1.29 is 9.53 Å². The summed E-state index contributed by atoms with van der Waals surface area (Å²) in [5.41, 5.74) is 2.97. The maximum atomic E-state index is 12.7. The van der Waals surface area contributed by atoms with Gasteiger partial charge >= 0.3 is 6.09 Å². The molecular weight excluding hydrogens is 344 g/mol. The van der Waals surface area contributed by atoms with Crippen LogP contribution in [-0.2, 0) is 11.3 Å². The lowest BCUT2D eigenvalue weighted by Crippen LogP contribution is -2.39. The van der Waals surface area contributed by atoms with Gasteiger partial charge in [0.1, 0.15) is 12.3 Å². The third-order valence-electron chi connectivity index (χ3n) is 4.94. The number of aromatic nitrogens is 3. The number of likely N-dealkylation sites (tertiary alicyclic amines) is 1. The van der Waals surface area contributed by atoms with Gasteiger partial charge in [0.05, 0.1) is 11.7 Å². The number of carbonyl (C=O) groups excluding carboxylic acids is 1. The predicted molar refractivity (Wildman–Crippen MR) is 100 cm³/mol. The highest BCUT2D eigenvalue weighted by atomic mass is 16.6. The summed E-state index contributed by atoms with van der Waals surface area (Å²) in [4.78, 5) is 28.9. The van der Waals surface area contributed by atoms with E-state index in [1.54, 1.807) is 9.42 Å². The summed E-state index contributed by atoms with van der Waals surface area (Å²) in [7, 11) is 0. The Labute approximate surface area is 156 Å². The van der Waals surface area contributed by atoms with Crippen LogP contribution in [0.1, 0.15) is 42.3 Å². The number of piperidine rings is 1. The van der Waals surface area contributed by atoms with Crippen molar-refractivity contribution in [2.45, 2.75) is 38.8 Å². The maximum Gasteiger partial charge on any atom is 0.410 e. The highest BCUT2D eigenvalue weighted by Gasteiger charge is 2.31. The van der Waals surface area contributed by atoms with E-state index in [-0.39, 0.29) is 24.3 Å². The molecule has 0 bridgehead atoms. The smallest absolute Gasteiger partial charge is 0.410 e. The Balaban J connectivity index is 1.56. The summed E-state index contributed by atoms with van der Waals surface area (Å²) in [5, 5.41) is 4.63. The van der Waals surface area contributed by atoms with E-state index in [0.717, 1.165) is 36.2 Å². The molecule has 1 amide bonds. The number of carbonyl (C=O) groups is 1. The van der Waals surface area contributed by atoms with Crippen LogP contribution in [0.2, 0.25) is 0 Å². The van der Waals surface area contributed by atoms with Crippen molar-refractivity contribution in [2.75, 3.05) is 6.54 Å². The molecule has 0 spiro atoms. The number of nitrogens with one attached hydrogen (secondary N) is 1. The molecule has 0 aliphatic carbocycles. The Kier molecular flexibility index (Phi) is 4.66. The zero-order valence-electron chi connectivity index (χ0n) is 15.2. The molecule has 1 atom stereocenters. The lowest BCUT2D eigenvalue weighted by Gasteiger charge is -2.33. The minimum Gasteiger partial charge on any atom is -0.445 e. The van der Waals surface area contributed by atoms with Crippen molar-refractivity contribution in [1.82, 2.24) is 19.5 Å².